The number of rotatable bonds is 6. The Hall–Kier alpha value is -2.13. The molecule has 0 aliphatic heterocycles. The number of amides is 3. The number of imide groups is 1. The summed E-state index contributed by atoms with van der Waals surface area (Å²) in [7, 11) is 1.75. The standard InChI is InChI=1S/C14H17N5O2S2/c1-9(22-14-19-18-13(15-2)23-14)11(20)17-12(21)16-8-10-6-4-3-5-7-10/h3-7,9H,8H2,1-2H3,(H,15,18)(H2,16,17,20,21)/t9-/m1/s1. The Kier molecular flexibility index (Phi) is 6.36. The summed E-state index contributed by atoms with van der Waals surface area (Å²) < 4.78 is 0.668. The van der Waals surface area contributed by atoms with E-state index in [9.17, 15) is 9.59 Å². The maximum absolute atomic E-state index is 12.0. The van der Waals surface area contributed by atoms with Crippen molar-refractivity contribution in [2.75, 3.05) is 12.4 Å². The van der Waals surface area contributed by atoms with Crippen molar-refractivity contribution in [2.24, 2.45) is 0 Å². The Balaban J connectivity index is 1.77. The third kappa shape index (κ3) is 5.53. The molecule has 1 atom stereocenters. The molecular weight excluding hydrogens is 334 g/mol. The summed E-state index contributed by atoms with van der Waals surface area (Å²) in [5, 5.41) is 15.9. The van der Waals surface area contributed by atoms with Crippen LogP contribution in [0.3, 0.4) is 0 Å². The Labute approximate surface area is 142 Å². The first kappa shape index (κ1) is 17.2. The fraction of sp³-hybridized carbons (Fsp3) is 0.286. The van der Waals surface area contributed by atoms with Crippen molar-refractivity contribution < 1.29 is 9.59 Å². The van der Waals surface area contributed by atoms with Crippen molar-refractivity contribution >= 4 is 40.2 Å². The molecule has 0 spiro atoms. The Morgan fingerprint density at radius 2 is 2.00 bits per heavy atom. The average Bonchev–Trinajstić information content (AvgIpc) is 3.01. The number of carbonyl (C=O) groups excluding carboxylic acids is 2. The number of nitrogens with zero attached hydrogens (tertiary/aromatic N) is 2. The van der Waals surface area contributed by atoms with Gasteiger partial charge < -0.3 is 10.6 Å². The third-order valence-electron chi connectivity index (χ3n) is 2.80. The zero-order chi connectivity index (χ0) is 16.7. The van der Waals surface area contributed by atoms with Gasteiger partial charge in [-0.2, -0.15) is 0 Å². The zero-order valence-corrected chi connectivity index (χ0v) is 14.3. The number of benzene rings is 1. The Morgan fingerprint density at radius 3 is 2.65 bits per heavy atom. The summed E-state index contributed by atoms with van der Waals surface area (Å²) in [6.45, 7) is 2.08. The molecule has 1 aromatic heterocycles. The van der Waals surface area contributed by atoms with E-state index >= 15 is 0 Å². The fourth-order valence-electron chi connectivity index (χ4n) is 1.60. The van der Waals surface area contributed by atoms with Gasteiger partial charge in [-0.1, -0.05) is 53.4 Å². The minimum absolute atomic E-state index is 0.364. The first-order chi connectivity index (χ1) is 11.1. The van der Waals surface area contributed by atoms with Crippen molar-refractivity contribution in [3.63, 3.8) is 0 Å². The van der Waals surface area contributed by atoms with Crippen LogP contribution in [0.5, 0.6) is 0 Å². The Morgan fingerprint density at radius 1 is 1.26 bits per heavy atom. The normalized spacial score (nSPS) is 11.6. The van der Waals surface area contributed by atoms with E-state index in [0.29, 0.717) is 16.0 Å². The number of aromatic nitrogens is 2. The lowest BCUT2D eigenvalue weighted by atomic mass is 10.2. The lowest BCUT2D eigenvalue weighted by Gasteiger charge is -2.10. The van der Waals surface area contributed by atoms with E-state index in [1.807, 2.05) is 30.3 Å². The van der Waals surface area contributed by atoms with Crippen LogP contribution in [0.1, 0.15) is 12.5 Å². The van der Waals surface area contributed by atoms with Gasteiger partial charge >= 0.3 is 6.03 Å². The molecule has 0 radical (unpaired) electrons. The zero-order valence-electron chi connectivity index (χ0n) is 12.7. The number of hydrogen-bond donors (Lipinski definition) is 3. The van der Waals surface area contributed by atoms with Gasteiger partial charge in [-0.05, 0) is 12.5 Å². The molecule has 0 saturated heterocycles. The second-order valence-electron chi connectivity index (χ2n) is 4.54. The van der Waals surface area contributed by atoms with Crippen LogP contribution in [0, 0.1) is 0 Å². The average molecular weight is 351 g/mol. The molecule has 122 valence electrons. The van der Waals surface area contributed by atoms with E-state index in [2.05, 4.69) is 26.1 Å². The van der Waals surface area contributed by atoms with Crippen LogP contribution in [0.4, 0.5) is 9.93 Å². The van der Waals surface area contributed by atoms with Crippen molar-refractivity contribution in [3.8, 4) is 0 Å². The summed E-state index contributed by atoms with van der Waals surface area (Å²) in [5.41, 5.74) is 0.964. The summed E-state index contributed by atoms with van der Waals surface area (Å²) in [6.07, 6.45) is 0. The molecule has 2 aromatic rings. The number of urea groups is 1. The molecule has 0 fully saturated rings. The van der Waals surface area contributed by atoms with Gasteiger partial charge in [0.05, 0.1) is 5.25 Å². The second kappa shape index (κ2) is 8.49. The third-order valence-corrected chi connectivity index (χ3v) is 4.92. The van der Waals surface area contributed by atoms with E-state index < -0.39 is 11.3 Å². The topological polar surface area (TPSA) is 96.0 Å². The van der Waals surface area contributed by atoms with E-state index in [1.54, 1.807) is 14.0 Å². The highest BCUT2D eigenvalue weighted by Crippen LogP contribution is 2.28. The molecule has 23 heavy (non-hydrogen) atoms. The number of anilines is 1. The van der Waals surface area contributed by atoms with Gasteiger partial charge in [0.25, 0.3) is 0 Å². The van der Waals surface area contributed by atoms with Gasteiger partial charge in [0.1, 0.15) is 0 Å². The quantitative estimate of drug-likeness (QED) is 0.690. The highest BCUT2D eigenvalue weighted by molar-refractivity contribution is 8.02. The van der Waals surface area contributed by atoms with Crippen LogP contribution in [0.2, 0.25) is 0 Å². The first-order valence-corrected chi connectivity index (χ1v) is 8.58. The number of nitrogens with one attached hydrogen (secondary N) is 3. The van der Waals surface area contributed by atoms with Gasteiger partial charge in [0, 0.05) is 13.6 Å². The summed E-state index contributed by atoms with van der Waals surface area (Å²) in [6, 6.07) is 8.96. The molecule has 9 heteroatoms. The van der Waals surface area contributed by atoms with E-state index in [-0.39, 0.29) is 5.91 Å². The van der Waals surface area contributed by atoms with Crippen LogP contribution in [-0.4, -0.2) is 34.4 Å². The van der Waals surface area contributed by atoms with Crippen molar-refractivity contribution in [1.82, 2.24) is 20.8 Å². The van der Waals surface area contributed by atoms with Crippen molar-refractivity contribution in [1.29, 1.82) is 0 Å². The van der Waals surface area contributed by atoms with Crippen molar-refractivity contribution in [2.45, 2.75) is 23.1 Å². The maximum Gasteiger partial charge on any atom is 0.321 e. The molecule has 3 N–H and O–H groups in total. The minimum Gasteiger partial charge on any atom is -0.363 e. The molecular formula is C14H17N5O2S2. The maximum atomic E-state index is 12.0. The fourth-order valence-corrected chi connectivity index (χ4v) is 3.45. The van der Waals surface area contributed by atoms with Crippen LogP contribution in [0.15, 0.2) is 34.7 Å². The van der Waals surface area contributed by atoms with Gasteiger partial charge in [0.15, 0.2) is 4.34 Å². The first-order valence-electron chi connectivity index (χ1n) is 6.89. The molecule has 0 aliphatic rings. The summed E-state index contributed by atoms with van der Waals surface area (Å²) >= 11 is 2.61. The highest BCUT2D eigenvalue weighted by atomic mass is 32.2. The van der Waals surface area contributed by atoms with E-state index in [0.717, 1.165) is 5.56 Å². The molecule has 1 aromatic carbocycles. The number of thioether (sulfide) groups is 1. The number of carbonyl (C=O) groups is 2. The minimum atomic E-state index is -0.514. The van der Waals surface area contributed by atoms with Gasteiger partial charge in [-0.25, -0.2) is 4.79 Å². The van der Waals surface area contributed by atoms with Gasteiger partial charge in [0.2, 0.25) is 11.0 Å². The van der Waals surface area contributed by atoms with E-state index in [1.165, 1.54) is 23.1 Å². The predicted octanol–water partition coefficient (Wildman–Crippen LogP) is 2.09. The monoisotopic (exact) mass is 351 g/mol. The molecule has 7 nitrogen and oxygen atoms in total. The molecule has 0 aliphatic carbocycles. The predicted molar refractivity (Wildman–Crippen MR) is 91.6 cm³/mol. The Bertz CT molecular complexity index is 662. The SMILES string of the molecule is CNc1nnc(S[C@H](C)C(=O)NC(=O)NCc2ccccc2)s1. The second-order valence-corrected chi connectivity index (χ2v) is 7.11. The summed E-state index contributed by atoms with van der Waals surface area (Å²) in [5.74, 6) is -0.373. The molecule has 3 amide bonds. The highest BCUT2D eigenvalue weighted by Gasteiger charge is 2.19. The largest absolute Gasteiger partial charge is 0.363 e. The van der Waals surface area contributed by atoms with Crippen LogP contribution in [-0.2, 0) is 11.3 Å². The lowest BCUT2D eigenvalue weighted by molar-refractivity contribution is -0.119. The van der Waals surface area contributed by atoms with Gasteiger partial charge in [-0.15, -0.1) is 10.2 Å². The molecule has 0 unspecified atom stereocenters. The molecule has 0 saturated carbocycles. The van der Waals surface area contributed by atoms with Gasteiger partial charge in [-0.3, -0.25) is 10.1 Å². The lowest BCUT2D eigenvalue weighted by Crippen LogP contribution is -2.42. The smallest absolute Gasteiger partial charge is 0.321 e. The summed E-state index contributed by atoms with van der Waals surface area (Å²) in [4.78, 5) is 23.7. The van der Waals surface area contributed by atoms with Crippen LogP contribution < -0.4 is 16.0 Å². The molecule has 0 bridgehead atoms. The molecule has 1 heterocycles. The molecule has 2 rings (SSSR count). The van der Waals surface area contributed by atoms with E-state index in [4.69, 9.17) is 0 Å². The van der Waals surface area contributed by atoms with Crippen LogP contribution >= 0.6 is 23.1 Å². The van der Waals surface area contributed by atoms with Crippen LogP contribution in [0.25, 0.3) is 0 Å². The number of hydrogen-bond acceptors (Lipinski definition) is 7. The van der Waals surface area contributed by atoms with Crippen molar-refractivity contribution in [3.05, 3.63) is 35.9 Å².